The number of nitrogens with two attached hydrogens (primary N) is 1. The van der Waals surface area contributed by atoms with Crippen LogP contribution in [0.2, 0.25) is 0 Å². The van der Waals surface area contributed by atoms with Gasteiger partial charge >= 0.3 is 0 Å². The first kappa shape index (κ1) is 9.48. The second-order valence-corrected chi connectivity index (χ2v) is 3.54. The third kappa shape index (κ3) is 3.69. The Morgan fingerprint density at radius 2 is 2.00 bits per heavy atom. The summed E-state index contributed by atoms with van der Waals surface area (Å²) in [5.74, 6) is 3.00. The molecule has 66 valence electrons. The molecule has 0 saturated carbocycles. The van der Waals surface area contributed by atoms with Crippen molar-refractivity contribution in [1.29, 1.82) is 0 Å². The average molecular weight is 183 g/mol. The molecule has 3 nitrogen and oxygen atoms in total. The molecular weight excluding hydrogens is 170 g/mol. The summed E-state index contributed by atoms with van der Waals surface area (Å²) in [6.07, 6.45) is 4.48. The van der Waals surface area contributed by atoms with Gasteiger partial charge in [0.2, 0.25) is 0 Å². The molecule has 0 aliphatic rings. The zero-order chi connectivity index (χ0) is 8.65. The summed E-state index contributed by atoms with van der Waals surface area (Å²) < 4.78 is 0. The molecule has 0 aliphatic heterocycles. The number of thioether (sulfide) groups is 1. The van der Waals surface area contributed by atoms with Crippen LogP contribution in [0.15, 0.2) is 18.5 Å². The van der Waals surface area contributed by atoms with E-state index in [0.717, 1.165) is 30.3 Å². The van der Waals surface area contributed by atoms with E-state index in [-0.39, 0.29) is 0 Å². The lowest BCUT2D eigenvalue weighted by molar-refractivity contribution is 0.946. The van der Waals surface area contributed by atoms with Crippen LogP contribution in [-0.2, 0) is 6.42 Å². The predicted molar refractivity (Wildman–Crippen MR) is 52.1 cm³/mol. The minimum Gasteiger partial charge on any atom is -0.330 e. The first-order valence-corrected chi connectivity index (χ1v) is 5.12. The normalized spacial score (nSPS) is 10.1. The summed E-state index contributed by atoms with van der Waals surface area (Å²) in [5.41, 5.74) is 5.36. The zero-order valence-corrected chi connectivity index (χ0v) is 7.76. The molecule has 0 bridgehead atoms. The molecule has 0 saturated heterocycles. The SMILES string of the molecule is NCCSCCc1ncccn1. The predicted octanol–water partition coefficient (Wildman–Crippen LogP) is 0.711. The van der Waals surface area contributed by atoms with E-state index in [1.165, 1.54) is 0 Å². The van der Waals surface area contributed by atoms with E-state index < -0.39 is 0 Å². The van der Waals surface area contributed by atoms with Gasteiger partial charge in [-0.2, -0.15) is 11.8 Å². The van der Waals surface area contributed by atoms with Crippen molar-refractivity contribution in [2.45, 2.75) is 6.42 Å². The van der Waals surface area contributed by atoms with Crippen molar-refractivity contribution in [3.63, 3.8) is 0 Å². The fourth-order valence-corrected chi connectivity index (χ4v) is 1.51. The second-order valence-electron chi connectivity index (χ2n) is 2.32. The molecule has 1 aromatic rings. The highest BCUT2D eigenvalue weighted by atomic mass is 32.2. The van der Waals surface area contributed by atoms with Crippen molar-refractivity contribution in [1.82, 2.24) is 9.97 Å². The maximum atomic E-state index is 5.36. The molecule has 0 unspecified atom stereocenters. The third-order valence-electron chi connectivity index (χ3n) is 1.35. The van der Waals surface area contributed by atoms with Gasteiger partial charge in [0.15, 0.2) is 0 Å². The summed E-state index contributed by atoms with van der Waals surface area (Å²) in [4.78, 5) is 8.24. The molecule has 12 heavy (non-hydrogen) atoms. The van der Waals surface area contributed by atoms with Crippen LogP contribution in [0.4, 0.5) is 0 Å². The molecule has 0 fully saturated rings. The summed E-state index contributed by atoms with van der Waals surface area (Å²) >= 11 is 1.84. The molecular formula is C8H13N3S. The Kier molecular flexibility index (Phi) is 4.71. The van der Waals surface area contributed by atoms with Crippen molar-refractivity contribution in [3.05, 3.63) is 24.3 Å². The van der Waals surface area contributed by atoms with Crippen molar-refractivity contribution < 1.29 is 0 Å². The number of hydrogen-bond donors (Lipinski definition) is 1. The van der Waals surface area contributed by atoms with Crippen LogP contribution in [0.25, 0.3) is 0 Å². The third-order valence-corrected chi connectivity index (χ3v) is 2.37. The number of aromatic nitrogens is 2. The molecule has 2 N–H and O–H groups in total. The van der Waals surface area contributed by atoms with Gasteiger partial charge < -0.3 is 5.73 Å². The van der Waals surface area contributed by atoms with Gasteiger partial charge in [-0.15, -0.1) is 0 Å². The Bertz CT molecular complexity index is 203. The van der Waals surface area contributed by atoms with E-state index >= 15 is 0 Å². The smallest absolute Gasteiger partial charge is 0.129 e. The maximum Gasteiger partial charge on any atom is 0.129 e. The monoisotopic (exact) mass is 183 g/mol. The van der Waals surface area contributed by atoms with Gasteiger partial charge in [0, 0.05) is 36.9 Å². The highest BCUT2D eigenvalue weighted by Crippen LogP contribution is 2.01. The first-order valence-electron chi connectivity index (χ1n) is 3.97. The number of aryl methyl sites for hydroxylation is 1. The molecule has 0 radical (unpaired) electrons. The van der Waals surface area contributed by atoms with Crippen LogP contribution in [0.5, 0.6) is 0 Å². The Hall–Kier alpha value is -0.610. The lowest BCUT2D eigenvalue weighted by Gasteiger charge is -1.97. The second kappa shape index (κ2) is 5.97. The van der Waals surface area contributed by atoms with Crippen LogP contribution in [-0.4, -0.2) is 28.0 Å². The molecule has 1 heterocycles. The molecule has 1 aromatic heterocycles. The van der Waals surface area contributed by atoms with Gasteiger partial charge in [-0.25, -0.2) is 9.97 Å². The van der Waals surface area contributed by atoms with Gasteiger partial charge in [0.05, 0.1) is 0 Å². The van der Waals surface area contributed by atoms with E-state index in [1.54, 1.807) is 12.4 Å². The van der Waals surface area contributed by atoms with Crippen molar-refractivity contribution in [2.75, 3.05) is 18.1 Å². The minimum atomic E-state index is 0.750. The van der Waals surface area contributed by atoms with E-state index in [9.17, 15) is 0 Å². The lowest BCUT2D eigenvalue weighted by Crippen LogP contribution is -2.03. The Morgan fingerprint density at radius 1 is 1.25 bits per heavy atom. The number of hydrogen-bond acceptors (Lipinski definition) is 4. The van der Waals surface area contributed by atoms with Crippen molar-refractivity contribution >= 4 is 11.8 Å². The standard InChI is InChI=1S/C8H13N3S/c9-3-7-12-6-2-8-10-4-1-5-11-8/h1,4-5H,2-3,6-7,9H2. The van der Waals surface area contributed by atoms with E-state index in [1.807, 2.05) is 17.8 Å². The quantitative estimate of drug-likeness (QED) is 0.683. The molecule has 0 aliphatic carbocycles. The van der Waals surface area contributed by atoms with E-state index in [2.05, 4.69) is 9.97 Å². The van der Waals surface area contributed by atoms with Gasteiger partial charge in [-0.3, -0.25) is 0 Å². The van der Waals surface area contributed by atoms with Gasteiger partial charge in [-0.05, 0) is 6.07 Å². The van der Waals surface area contributed by atoms with Crippen molar-refractivity contribution in [2.24, 2.45) is 5.73 Å². The van der Waals surface area contributed by atoms with E-state index in [0.29, 0.717) is 0 Å². The fourth-order valence-electron chi connectivity index (χ4n) is 0.808. The summed E-state index contributed by atoms with van der Waals surface area (Å²) in [6.45, 7) is 0.750. The van der Waals surface area contributed by atoms with Crippen LogP contribution < -0.4 is 5.73 Å². The summed E-state index contributed by atoms with van der Waals surface area (Å²) in [5, 5.41) is 0. The number of rotatable bonds is 5. The Labute approximate surface area is 76.8 Å². The summed E-state index contributed by atoms with van der Waals surface area (Å²) in [7, 11) is 0. The molecule has 0 aromatic carbocycles. The molecule has 0 atom stereocenters. The van der Waals surface area contributed by atoms with E-state index in [4.69, 9.17) is 5.73 Å². The zero-order valence-electron chi connectivity index (χ0n) is 6.94. The molecule has 1 rings (SSSR count). The topological polar surface area (TPSA) is 51.8 Å². The van der Waals surface area contributed by atoms with Gasteiger partial charge in [-0.1, -0.05) is 0 Å². The summed E-state index contributed by atoms with van der Waals surface area (Å²) in [6, 6.07) is 1.83. The van der Waals surface area contributed by atoms with Crippen LogP contribution in [0.1, 0.15) is 5.82 Å². The van der Waals surface area contributed by atoms with Crippen LogP contribution >= 0.6 is 11.8 Å². The highest BCUT2D eigenvalue weighted by Gasteiger charge is 1.93. The molecule has 0 amide bonds. The van der Waals surface area contributed by atoms with Crippen LogP contribution in [0.3, 0.4) is 0 Å². The lowest BCUT2D eigenvalue weighted by atomic mass is 10.4. The van der Waals surface area contributed by atoms with Gasteiger partial charge in [0.1, 0.15) is 5.82 Å². The Balaban J connectivity index is 2.16. The fraction of sp³-hybridized carbons (Fsp3) is 0.500. The van der Waals surface area contributed by atoms with Crippen LogP contribution in [0, 0.1) is 0 Å². The first-order chi connectivity index (χ1) is 5.93. The number of nitrogens with zero attached hydrogens (tertiary/aromatic N) is 2. The average Bonchev–Trinajstić information content (AvgIpc) is 2.14. The Morgan fingerprint density at radius 3 is 2.67 bits per heavy atom. The highest BCUT2D eigenvalue weighted by molar-refractivity contribution is 7.99. The minimum absolute atomic E-state index is 0.750. The molecule has 4 heteroatoms. The van der Waals surface area contributed by atoms with Gasteiger partial charge in [0.25, 0.3) is 0 Å². The largest absolute Gasteiger partial charge is 0.330 e. The molecule has 0 spiro atoms. The van der Waals surface area contributed by atoms with Crippen molar-refractivity contribution in [3.8, 4) is 0 Å². The maximum absolute atomic E-state index is 5.36.